The van der Waals surface area contributed by atoms with Crippen molar-refractivity contribution >= 4 is 17.7 Å². The van der Waals surface area contributed by atoms with Crippen LogP contribution in [0.5, 0.6) is 0 Å². The lowest BCUT2D eigenvalue weighted by Gasteiger charge is -2.27. The van der Waals surface area contributed by atoms with Crippen LogP contribution in [-0.2, 0) is 4.79 Å². The first-order valence-electron chi connectivity index (χ1n) is 5.39. The molecule has 0 aliphatic carbocycles. The molecule has 1 saturated heterocycles. The molecule has 0 aromatic heterocycles. The number of carboxylic acid groups (broad SMARTS) is 1. The van der Waals surface area contributed by atoms with Crippen LogP contribution in [0.15, 0.2) is 0 Å². The Hall–Kier alpha value is -0.420. The van der Waals surface area contributed by atoms with Gasteiger partial charge in [0.2, 0.25) is 0 Å². The fourth-order valence-corrected chi connectivity index (χ4v) is 2.98. The van der Waals surface area contributed by atoms with E-state index in [-0.39, 0.29) is 5.75 Å². The zero-order chi connectivity index (χ0) is 13.9. The maximum absolute atomic E-state index is 10.6. The molecule has 1 aliphatic heterocycles. The first-order chi connectivity index (χ1) is 8.38. The number of thioether (sulfide) groups is 1. The maximum Gasteiger partial charge on any atom is 0.162 e. The van der Waals surface area contributed by atoms with E-state index in [4.69, 9.17) is 10.2 Å². The van der Waals surface area contributed by atoms with Gasteiger partial charge in [0.25, 0.3) is 0 Å². The normalized spacial score (nSPS) is 30.7. The van der Waals surface area contributed by atoms with Crippen molar-refractivity contribution in [3.63, 3.8) is 0 Å². The summed E-state index contributed by atoms with van der Waals surface area (Å²) < 4.78 is 0. The molecule has 6 atom stereocenters. The van der Waals surface area contributed by atoms with E-state index in [1.165, 1.54) is 5.32 Å². The number of aliphatic hydroxyl groups excluding tert-OH is 5. The molecule has 0 bridgehead atoms. The SMILES string of the molecule is O=C([O-])[C@@H]1CS[C@@H]([C@@H](O)[C@H](O)[C@H](O)[C@H](O)CO)[NH2+]1. The average molecular weight is 283 g/mol. The van der Waals surface area contributed by atoms with Crippen molar-refractivity contribution in [1.29, 1.82) is 0 Å². The third kappa shape index (κ3) is 3.54. The summed E-state index contributed by atoms with van der Waals surface area (Å²) in [5.74, 6) is -1.04. The summed E-state index contributed by atoms with van der Waals surface area (Å²) in [5.41, 5.74) is 0. The van der Waals surface area contributed by atoms with Crippen LogP contribution in [0.3, 0.4) is 0 Å². The van der Waals surface area contributed by atoms with Crippen molar-refractivity contribution in [3.8, 4) is 0 Å². The molecule has 0 radical (unpaired) electrons. The Balaban J connectivity index is 2.54. The minimum atomic E-state index is -1.71. The van der Waals surface area contributed by atoms with Crippen LogP contribution in [0, 0.1) is 0 Å². The third-order valence-electron chi connectivity index (χ3n) is 2.81. The molecule has 0 saturated carbocycles. The Morgan fingerprint density at radius 1 is 1.33 bits per heavy atom. The van der Waals surface area contributed by atoms with Gasteiger partial charge in [0.1, 0.15) is 36.4 Å². The minimum Gasteiger partial charge on any atom is -0.544 e. The number of rotatable bonds is 6. The fourth-order valence-electron chi connectivity index (χ4n) is 1.65. The number of aliphatic hydroxyl groups is 5. The first-order valence-corrected chi connectivity index (χ1v) is 6.44. The van der Waals surface area contributed by atoms with Gasteiger partial charge < -0.3 is 40.8 Å². The Morgan fingerprint density at radius 2 is 1.94 bits per heavy atom. The summed E-state index contributed by atoms with van der Waals surface area (Å²) >= 11 is 1.11. The average Bonchev–Trinajstić information content (AvgIpc) is 2.84. The summed E-state index contributed by atoms with van der Waals surface area (Å²) in [4.78, 5) is 10.6. The number of nitrogens with two attached hydrogens (primary N) is 1. The number of hydrogen-bond donors (Lipinski definition) is 6. The molecule has 18 heavy (non-hydrogen) atoms. The van der Waals surface area contributed by atoms with Gasteiger partial charge >= 0.3 is 0 Å². The predicted molar refractivity (Wildman–Crippen MR) is 58.1 cm³/mol. The number of carboxylic acids is 1. The highest BCUT2D eigenvalue weighted by molar-refractivity contribution is 8.00. The Kier molecular flexibility index (Phi) is 5.79. The maximum atomic E-state index is 10.6. The first kappa shape index (κ1) is 15.6. The second-order valence-electron chi connectivity index (χ2n) is 4.14. The molecule has 1 rings (SSSR count). The zero-order valence-corrected chi connectivity index (χ0v) is 10.2. The fraction of sp³-hybridized carbons (Fsp3) is 0.889. The number of carbonyl (C=O) groups excluding carboxylic acids is 1. The summed E-state index contributed by atoms with van der Waals surface area (Å²) in [7, 11) is 0. The van der Waals surface area contributed by atoms with Gasteiger partial charge in [0, 0.05) is 0 Å². The third-order valence-corrected chi connectivity index (χ3v) is 4.18. The van der Waals surface area contributed by atoms with E-state index in [9.17, 15) is 25.2 Å². The molecule has 9 heteroatoms. The van der Waals surface area contributed by atoms with Crippen LogP contribution in [0.4, 0.5) is 0 Å². The van der Waals surface area contributed by atoms with Gasteiger partial charge in [-0.25, -0.2) is 0 Å². The smallest absolute Gasteiger partial charge is 0.162 e. The second-order valence-corrected chi connectivity index (χ2v) is 5.35. The summed E-state index contributed by atoms with van der Waals surface area (Å²) in [6.45, 7) is -0.756. The van der Waals surface area contributed by atoms with Crippen molar-refractivity contribution in [3.05, 3.63) is 0 Å². The van der Waals surface area contributed by atoms with E-state index >= 15 is 0 Å². The number of quaternary nitrogens is 1. The van der Waals surface area contributed by atoms with Crippen LogP contribution in [0.2, 0.25) is 0 Å². The van der Waals surface area contributed by atoms with E-state index in [0.29, 0.717) is 0 Å². The molecular formula is C9H17NO7S. The Labute approximate surface area is 107 Å². The van der Waals surface area contributed by atoms with Crippen molar-refractivity contribution in [2.24, 2.45) is 0 Å². The lowest BCUT2D eigenvalue weighted by molar-refractivity contribution is -0.692. The van der Waals surface area contributed by atoms with Crippen LogP contribution < -0.4 is 10.4 Å². The van der Waals surface area contributed by atoms with E-state index in [2.05, 4.69) is 0 Å². The molecular weight excluding hydrogens is 266 g/mol. The van der Waals surface area contributed by atoms with Crippen molar-refractivity contribution < 1.29 is 40.8 Å². The quantitative estimate of drug-likeness (QED) is 0.281. The Morgan fingerprint density at radius 3 is 2.39 bits per heavy atom. The van der Waals surface area contributed by atoms with Crippen molar-refractivity contribution in [1.82, 2.24) is 0 Å². The minimum absolute atomic E-state index is 0.218. The van der Waals surface area contributed by atoms with E-state index in [1.54, 1.807) is 0 Å². The van der Waals surface area contributed by atoms with Crippen LogP contribution in [0.1, 0.15) is 0 Å². The monoisotopic (exact) mass is 283 g/mol. The number of hydrogen-bond acceptors (Lipinski definition) is 8. The van der Waals surface area contributed by atoms with E-state index in [1.807, 2.05) is 0 Å². The molecule has 0 unspecified atom stereocenters. The molecule has 0 spiro atoms. The second kappa shape index (κ2) is 6.66. The lowest BCUT2D eigenvalue weighted by Crippen LogP contribution is -2.96. The Bertz CT molecular complexity index is 292. The molecule has 1 heterocycles. The molecule has 106 valence electrons. The molecule has 8 nitrogen and oxygen atoms in total. The molecule has 0 amide bonds. The van der Waals surface area contributed by atoms with E-state index < -0.39 is 48.4 Å². The number of aliphatic carboxylic acids is 1. The number of carbonyl (C=O) groups is 1. The standard InChI is InChI=1S/C9H17NO7S/c11-1-4(12)5(13)6(14)7(15)8-10-3(2-18-8)9(16)17/h3-8,10-15H,1-2H2,(H,16,17)/t3-,4+,5+,6+,7-,8-/m0/s1. The predicted octanol–water partition coefficient (Wildman–Crippen LogP) is -5.82. The largest absolute Gasteiger partial charge is 0.544 e. The van der Waals surface area contributed by atoms with Gasteiger partial charge in [-0.15, -0.1) is 0 Å². The molecule has 0 aromatic rings. The molecule has 1 aliphatic rings. The molecule has 7 N–H and O–H groups in total. The van der Waals surface area contributed by atoms with Gasteiger partial charge in [-0.05, 0) is 0 Å². The van der Waals surface area contributed by atoms with Crippen LogP contribution in [-0.4, -0.2) is 79.7 Å². The zero-order valence-electron chi connectivity index (χ0n) is 9.42. The van der Waals surface area contributed by atoms with Gasteiger partial charge in [-0.1, -0.05) is 11.8 Å². The van der Waals surface area contributed by atoms with Crippen LogP contribution in [0.25, 0.3) is 0 Å². The highest BCUT2D eigenvalue weighted by Crippen LogP contribution is 2.19. The lowest BCUT2D eigenvalue weighted by atomic mass is 10.0. The molecule has 1 fully saturated rings. The summed E-state index contributed by atoms with van der Waals surface area (Å²) in [6.07, 6.45) is -6.39. The van der Waals surface area contributed by atoms with E-state index in [0.717, 1.165) is 11.8 Å². The van der Waals surface area contributed by atoms with Gasteiger partial charge in [-0.2, -0.15) is 0 Å². The summed E-state index contributed by atoms with van der Waals surface area (Å²) in [5, 5.41) is 57.8. The molecule has 0 aromatic carbocycles. The van der Waals surface area contributed by atoms with Gasteiger partial charge in [0.05, 0.1) is 12.4 Å². The van der Waals surface area contributed by atoms with Gasteiger partial charge in [0.15, 0.2) is 5.37 Å². The van der Waals surface area contributed by atoms with Crippen LogP contribution >= 0.6 is 11.8 Å². The summed E-state index contributed by atoms with van der Waals surface area (Å²) in [6, 6.07) is -0.818. The topological polar surface area (TPSA) is 158 Å². The van der Waals surface area contributed by atoms with Crippen molar-refractivity contribution in [2.75, 3.05) is 12.4 Å². The van der Waals surface area contributed by atoms with Gasteiger partial charge in [-0.3, -0.25) is 0 Å². The van der Waals surface area contributed by atoms with Crippen molar-refractivity contribution in [2.45, 2.75) is 35.8 Å². The highest BCUT2D eigenvalue weighted by Gasteiger charge is 2.41. The highest BCUT2D eigenvalue weighted by atomic mass is 32.2.